The zero-order valence-corrected chi connectivity index (χ0v) is 15.0. The molecule has 6 heteroatoms. The lowest BCUT2D eigenvalue weighted by Crippen LogP contribution is -2.28. The van der Waals surface area contributed by atoms with E-state index < -0.39 is 0 Å². The van der Waals surface area contributed by atoms with E-state index in [1.165, 1.54) is 6.42 Å². The number of aryl methyl sites for hydroxylation is 2. The Kier molecular flexibility index (Phi) is 5.04. The van der Waals surface area contributed by atoms with Gasteiger partial charge in [0.2, 0.25) is 5.95 Å². The van der Waals surface area contributed by atoms with E-state index in [1.54, 1.807) is 6.20 Å². The van der Waals surface area contributed by atoms with Gasteiger partial charge in [-0.05, 0) is 45.2 Å². The highest BCUT2D eigenvalue weighted by molar-refractivity contribution is 5.46. The first kappa shape index (κ1) is 16.8. The van der Waals surface area contributed by atoms with Crippen LogP contribution in [0.5, 0.6) is 0 Å². The maximum atomic E-state index is 4.77. The monoisotopic (exact) mass is 326 g/mol. The molecule has 1 fully saturated rings. The molecule has 6 nitrogen and oxygen atoms in total. The van der Waals surface area contributed by atoms with Crippen LogP contribution >= 0.6 is 0 Å². The van der Waals surface area contributed by atoms with Crippen LogP contribution < -0.4 is 5.32 Å². The Morgan fingerprint density at radius 1 is 1.17 bits per heavy atom. The maximum Gasteiger partial charge on any atom is 0.228 e. The van der Waals surface area contributed by atoms with Crippen molar-refractivity contribution in [2.45, 2.75) is 46.6 Å². The molecule has 0 aromatic carbocycles. The lowest BCUT2D eigenvalue weighted by Gasteiger charge is -2.25. The van der Waals surface area contributed by atoms with Gasteiger partial charge in [-0.1, -0.05) is 13.8 Å². The minimum atomic E-state index is 0.363. The summed E-state index contributed by atoms with van der Waals surface area (Å²) in [7, 11) is 0. The van der Waals surface area contributed by atoms with Crippen LogP contribution in [0.25, 0.3) is 0 Å². The van der Waals surface area contributed by atoms with E-state index >= 15 is 0 Å². The molecule has 0 radical (unpaired) electrons. The molecule has 1 saturated heterocycles. The molecule has 1 aliphatic heterocycles. The van der Waals surface area contributed by atoms with Gasteiger partial charge in [-0.3, -0.25) is 9.88 Å². The van der Waals surface area contributed by atoms with Crippen molar-refractivity contribution < 1.29 is 0 Å². The summed E-state index contributed by atoms with van der Waals surface area (Å²) in [5.74, 6) is 1.93. The molecule has 2 aromatic rings. The molecule has 0 spiro atoms. The fourth-order valence-electron chi connectivity index (χ4n) is 3.35. The van der Waals surface area contributed by atoms with Gasteiger partial charge >= 0.3 is 0 Å². The van der Waals surface area contributed by atoms with Gasteiger partial charge in [-0.25, -0.2) is 15.0 Å². The van der Waals surface area contributed by atoms with E-state index in [4.69, 9.17) is 4.98 Å². The van der Waals surface area contributed by atoms with Gasteiger partial charge in [0.1, 0.15) is 0 Å². The molecule has 24 heavy (non-hydrogen) atoms. The molecule has 1 aliphatic rings. The van der Waals surface area contributed by atoms with Gasteiger partial charge in [0.25, 0.3) is 0 Å². The highest BCUT2D eigenvalue weighted by Crippen LogP contribution is 2.31. The topological polar surface area (TPSA) is 66.8 Å². The largest absolute Gasteiger partial charge is 0.307 e. The third-order valence-corrected chi connectivity index (χ3v) is 4.18. The van der Waals surface area contributed by atoms with E-state index in [1.807, 2.05) is 26.1 Å². The molecule has 128 valence electrons. The van der Waals surface area contributed by atoms with Crippen molar-refractivity contribution >= 4 is 11.8 Å². The first-order valence-corrected chi connectivity index (χ1v) is 8.66. The summed E-state index contributed by atoms with van der Waals surface area (Å²) < 4.78 is 0. The Balaban J connectivity index is 1.78. The summed E-state index contributed by atoms with van der Waals surface area (Å²) in [6.07, 6.45) is 5.98. The highest BCUT2D eigenvalue weighted by atomic mass is 15.2. The lowest BCUT2D eigenvalue weighted by molar-refractivity contribution is 0.225. The first-order valence-electron chi connectivity index (χ1n) is 8.66. The van der Waals surface area contributed by atoms with E-state index in [2.05, 4.69) is 39.0 Å². The molecule has 0 aliphatic carbocycles. The molecule has 3 heterocycles. The second-order valence-electron chi connectivity index (χ2n) is 6.98. The second-order valence-corrected chi connectivity index (χ2v) is 6.98. The summed E-state index contributed by atoms with van der Waals surface area (Å²) in [6, 6.07) is 2.32. The summed E-state index contributed by atoms with van der Waals surface area (Å²) in [4.78, 5) is 20.5. The third-order valence-electron chi connectivity index (χ3n) is 4.18. The minimum absolute atomic E-state index is 0.363. The van der Waals surface area contributed by atoms with Crippen LogP contribution in [-0.2, 0) is 0 Å². The molecular weight excluding hydrogens is 300 g/mol. The van der Waals surface area contributed by atoms with Crippen LogP contribution in [-0.4, -0.2) is 37.9 Å². The fraction of sp³-hybridized carbons (Fsp3) is 0.556. The molecule has 2 aromatic heterocycles. The predicted octanol–water partition coefficient (Wildman–Crippen LogP) is 3.42. The Hall–Kier alpha value is -2.08. The van der Waals surface area contributed by atoms with Gasteiger partial charge in [0, 0.05) is 17.9 Å². The van der Waals surface area contributed by atoms with E-state index in [9.17, 15) is 0 Å². The van der Waals surface area contributed by atoms with E-state index in [0.717, 1.165) is 36.6 Å². The second kappa shape index (κ2) is 7.21. The molecule has 0 amide bonds. The van der Waals surface area contributed by atoms with E-state index in [-0.39, 0.29) is 0 Å². The van der Waals surface area contributed by atoms with Crippen LogP contribution in [0.4, 0.5) is 11.8 Å². The smallest absolute Gasteiger partial charge is 0.228 e. The Morgan fingerprint density at radius 2 is 1.92 bits per heavy atom. The molecule has 1 N–H and O–H groups in total. The molecule has 0 saturated carbocycles. The van der Waals surface area contributed by atoms with E-state index in [0.29, 0.717) is 23.7 Å². The number of hydrogen-bond acceptors (Lipinski definition) is 6. The van der Waals surface area contributed by atoms with Crippen LogP contribution in [0.15, 0.2) is 18.5 Å². The van der Waals surface area contributed by atoms with Crippen LogP contribution in [0.1, 0.15) is 49.8 Å². The van der Waals surface area contributed by atoms with Crippen molar-refractivity contribution in [3.05, 3.63) is 35.5 Å². The number of nitrogens with one attached hydrogen (secondary N) is 1. The van der Waals surface area contributed by atoms with Gasteiger partial charge in [0.05, 0.1) is 24.1 Å². The van der Waals surface area contributed by atoms with Gasteiger partial charge in [-0.15, -0.1) is 0 Å². The summed E-state index contributed by atoms with van der Waals surface area (Å²) in [6.45, 7) is 10.7. The minimum Gasteiger partial charge on any atom is -0.307 e. The average molecular weight is 326 g/mol. The predicted molar refractivity (Wildman–Crippen MR) is 95.2 cm³/mol. The van der Waals surface area contributed by atoms with Gasteiger partial charge < -0.3 is 5.32 Å². The van der Waals surface area contributed by atoms with Crippen molar-refractivity contribution in [1.29, 1.82) is 0 Å². The SMILES string of the molecule is Cc1cc(C)nc(Nc2cncc([C@H]3CCCN3CC(C)C)n2)n1. The molecular formula is C18H26N6. The zero-order valence-electron chi connectivity index (χ0n) is 15.0. The van der Waals surface area contributed by atoms with Crippen molar-refractivity contribution in [3.63, 3.8) is 0 Å². The van der Waals surface area contributed by atoms with Crippen LogP contribution in [0, 0.1) is 19.8 Å². The Morgan fingerprint density at radius 3 is 2.62 bits per heavy atom. The number of rotatable bonds is 5. The first-order chi connectivity index (χ1) is 11.5. The van der Waals surface area contributed by atoms with Crippen molar-refractivity contribution in [2.24, 2.45) is 5.92 Å². The summed E-state index contributed by atoms with van der Waals surface area (Å²) in [5, 5.41) is 3.19. The fourth-order valence-corrected chi connectivity index (χ4v) is 3.35. The molecule has 0 unspecified atom stereocenters. The molecule has 3 rings (SSSR count). The Labute approximate surface area is 143 Å². The van der Waals surface area contributed by atoms with Gasteiger partial charge in [-0.2, -0.15) is 0 Å². The van der Waals surface area contributed by atoms with Crippen LogP contribution in [0.3, 0.4) is 0 Å². The third kappa shape index (κ3) is 4.06. The van der Waals surface area contributed by atoms with Crippen molar-refractivity contribution in [1.82, 2.24) is 24.8 Å². The summed E-state index contributed by atoms with van der Waals surface area (Å²) in [5.41, 5.74) is 2.91. The summed E-state index contributed by atoms with van der Waals surface area (Å²) >= 11 is 0. The molecule has 1 atom stereocenters. The van der Waals surface area contributed by atoms with Gasteiger partial charge in [0.15, 0.2) is 5.82 Å². The standard InChI is InChI=1S/C18H26N6/c1-12(2)11-24-7-5-6-16(24)15-9-19-10-17(22-15)23-18-20-13(3)8-14(4)21-18/h8-10,12,16H,5-7,11H2,1-4H3,(H,20,21,22,23)/t16-/m1/s1. The number of likely N-dealkylation sites (tertiary alicyclic amines) is 1. The number of aromatic nitrogens is 4. The zero-order chi connectivity index (χ0) is 17.1. The number of hydrogen-bond donors (Lipinski definition) is 1. The highest BCUT2D eigenvalue weighted by Gasteiger charge is 2.27. The quantitative estimate of drug-likeness (QED) is 0.908. The number of nitrogens with zero attached hydrogens (tertiary/aromatic N) is 5. The Bertz CT molecular complexity index is 679. The van der Waals surface area contributed by atoms with Crippen LogP contribution in [0.2, 0.25) is 0 Å². The normalized spacial score (nSPS) is 18.3. The van der Waals surface area contributed by atoms with Crippen molar-refractivity contribution in [3.8, 4) is 0 Å². The maximum absolute atomic E-state index is 4.77. The average Bonchev–Trinajstić information content (AvgIpc) is 2.93. The molecule has 0 bridgehead atoms. The van der Waals surface area contributed by atoms with Crippen molar-refractivity contribution in [2.75, 3.05) is 18.4 Å². The number of anilines is 2. The lowest BCUT2D eigenvalue weighted by atomic mass is 10.1.